The zero-order chi connectivity index (χ0) is 34.6. The summed E-state index contributed by atoms with van der Waals surface area (Å²) in [7, 11) is -1.14. The van der Waals surface area contributed by atoms with Gasteiger partial charge in [0.2, 0.25) is 6.10 Å². The highest BCUT2D eigenvalue weighted by Crippen LogP contribution is 2.37. The van der Waals surface area contributed by atoms with E-state index in [0.29, 0.717) is 26.0 Å². The van der Waals surface area contributed by atoms with E-state index in [9.17, 15) is 14.4 Å². The minimum Gasteiger partial charge on any atom is -0.444 e. The average molecular weight is 659 g/mol. The maximum atomic E-state index is 13.0. The molecule has 1 atom stereocenters. The minimum atomic E-state index is -2.77. The Morgan fingerprint density at radius 2 is 1.35 bits per heavy atom. The van der Waals surface area contributed by atoms with Gasteiger partial charge in [-0.05, 0) is 76.2 Å². The van der Waals surface area contributed by atoms with E-state index in [1.54, 1.807) is 48.6 Å². The molecular weight excluding hydrogens is 604 g/mol. The topological polar surface area (TPSA) is 113 Å². The largest absolute Gasteiger partial charge is 0.444 e. The Hall–Kier alpha value is -3.41. The predicted octanol–water partition coefficient (Wildman–Crippen LogP) is 5.97. The number of alkyl carbamates (subject to hydrolysis) is 1. The number of ether oxygens (including phenoxy) is 2. The first-order chi connectivity index (χ1) is 21.4. The van der Waals surface area contributed by atoms with Crippen molar-refractivity contribution in [2.75, 3.05) is 26.7 Å². The fourth-order valence-corrected chi connectivity index (χ4v) is 9.41. The van der Waals surface area contributed by atoms with Crippen LogP contribution < -0.4 is 15.7 Å². The summed E-state index contributed by atoms with van der Waals surface area (Å²) in [5, 5.41) is 4.74. The Morgan fingerprint density at radius 1 is 0.804 bits per heavy atom. The van der Waals surface area contributed by atoms with E-state index in [1.165, 1.54) is 4.90 Å². The first kappa shape index (κ1) is 38.8. The summed E-state index contributed by atoms with van der Waals surface area (Å²) in [5.41, 5.74) is -1.34. The number of rotatable bonds is 14. The fraction of sp³-hybridized carbons (Fsp3) is 0.571. The van der Waals surface area contributed by atoms with Gasteiger partial charge < -0.3 is 24.1 Å². The van der Waals surface area contributed by atoms with Crippen molar-refractivity contribution in [3.63, 3.8) is 0 Å². The number of benzene rings is 2. The molecule has 0 fully saturated rings. The van der Waals surface area contributed by atoms with Crippen LogP contribution in [0.5, 0.6) is 0 Å². The van der Waals surface area contributed by atoms with Gasteiger partial charge in [0.25, 0.3) is 8.32 Å². The van der Waals surface area contributed by atoms with Crippen LogP contribution in [0.4, 0.5) is 9.59 Å². The molecular formula is C35H54N2O8Si. The molecule has 10 nitrogen and oxygen atoms in total. The van der Waals surface area contributed by atoms with Gasteiger partial charge in [0.1, 0.15) is 11.2 Å². The van der Waals surface area contributed by atoms with Gasteiger partial charge >= 0.3 is 18.2 Å². The summed E-state index contributed by atoms with van der Waals surface area (Å²) >= 11 is 0. The number of hydrogen-bond donors (Lipinski definition) is 1. The third kappa shape index (κ3) is 12.4. The summed E-state index contributed by atoms with van der Waals surface area (Å²) in [6.45, 7) is 18.1. The number of hydrogen-bond acceptors (Lipinski definition) is 8. The molecule has 0 aliphatic rings. The first-order valence-electron chi connectivity index (χ1n) is 15.9. The number of nitrogens with zero attached hydrogens (tertiary/aromatic N) is 1. The molecule has 0 heterocycles. The Balaban J connectivity index is 2.09. The van der Waals surface area contributed by atoms with Gasteiger partial charge in [-0.25, -0.2) is 14.4 Å². The molecule has 2 aromatic rings. The van der Waals surface area contributed by atoms with Crippen LogP contribution in [0.3, 0.4) is 0 Å². The van der Waals surface area contributed by atoms with Crippen LogP contribution >= 0.6 is 0 Å². The molecule has 0 aliphatic carbocycles. The molecule has 0 bridgehead atoms. The van der Waals surface area contributed by atoms with E-state index in [-0.39, 0.29) is 18.0 Å². The van der Waals surface area contributed by atoms with E-state index < -0.39 is 43.8 Å². The molecule has 46 heavy (non-hydrogen) atoms. The second kappa shape index (κ2) is 16.9. The van der Waals surface area contributed by atoms with Crippen molar-refractivity contribution in [3.05, 3.63) is 60.7 Å². The summed E-state index contributed by atoms with van der Waals surface area (Å²) in [6, 6.07) is 20.6. The quantitative estimate of drug-likeness (QED) is 0.114. The molecule has 0 radical (unpaired) electrons. The minimum absolute atomic E-state index is 0.166. The Morgan fingerprint density at radius 3 is 1.83 bits per heavy atom. The summed E-state index contributed by atoms with van der Waals surface area (Å²) in [6.07, 6.45) is -1.39. The van der Waals surface area contributed by atoms with Crippen LogP contribution in [-0.4, -0.2) is 75.4 Å². The van der Waals surface area contributed by atoms with E-state index in [0.717, 1.165) is 10.4 Å². The highest BCUT2D eigenvalue weighted by Gasteiger charge is 2.50. The van der Waals surface area contributed by atoms with Gasteiger partial charge in [-0.15, -0.1) is 0 Å². The molecule has 0 aromatic heterocycles. The maximum absolute atomic E-state index is 13.0. The van der Waals surface area contributed by atoms with Crippen LogP contribution in [0.2, 0.25) is 5.04 Å². The third-order valence-electron chi connectivity index (χ3n) is 6.88. The zero-order valence-electron chi connectivity index (χ0n) is 29.3. The molecule has 0 saturated heterocycles. The molecule has 0 spiro atoms. The van der Waals surface area contributed by atoms with Gasteiger partial charge in [-0.3, -0.25) is 4.89 Å². The highest BCUT2D eigenvalue weighted by atomic mass is 28.4. The smallest absolute Gasteiger partial charge is 0.410 e. The van der Waals surface area contributed by atoms with Crippen molar-refractivity contribution in [2.45, 2.75) is 104 Å². The predicted molar refractivity (Wildman–Crippen MR) is 181 cm³/mol. The van der Waals surface area contributed by atoms with E-state index >= 15 is 0 Å². The average Bonchev–Trinajstić information content (AvgIpc) is 2.96. The molecule has 0 saturated carbocycles. The highest BCUT2D eigenvalue weighted by molar-refractivity contribution is 6.99. The Kier molecular flexibility index (Phi) is 14.3. The van der Waals surface area contributed by atoms with Crippen LogP contribution in [0, 0.1) is 0 Å². The summed E-state index contributed by atoms with van der Waals surface area (Å²) in [4.78, 5) is 49.6. The monoisotopic (exact) mass is 658 g/mol. The number of carbonyl (C=O) groups is 3. The normalized spacial score (nSPS) is 13.0. The van der Waals surface area contributed by atoms with Crippen LogP contribution in [0.25, 0.3) is 0 Å². The number of amides is 2. The van der Waals surface area contributed by atoms with Crippen molar-refractivity contribution in [1.29, 1.82) is 0 Å². The second-order valence-corrected chi connectivity index (χ2v) is 18.6. The number of carbonyl (C=O) groups excluding carboxylic acids is 3. The van der Waals surface area contributed by atoms with Crippen LogP contribution in [-0.2, 0) is 28.5 Å². The van der Waals surface area contributed by atoms with E-state index in [2.05, 4.69) is 50.4 Å². The lowest BCUT2D eigenvalue weighted by Gasteiger charge is -2.43. The molecule has 2 aromatic carbocycles. The molecule has 0 aliphatic heterocycles. The van der Waals surface area contributed by atoms with Gasteiger partial charge in [0.15, 0.2) is 0 Å². The molecule has 2 amide bonds. The van der Waals surface area contributed by atoms with Crippen molar-refractivity contribution in [2.24, 2.45) is 0 Å². The molecule has 1 N–H and O–H groups in total. The van der Waals surface area contributed by atoms with Crippen molar-refractivity contribution >= 4 is 36.8 Å². The van der Waals surface area contributed by atoms with Gasteiger partial charge in [0, 0.05) is 26.7 Å². The molecule has 256 valence electrons. The van der Waals surface area contributed by atoms with Gasteiger partial charge in [-0.1, -0.05) is 81.4 Å². The lowest BCUT2D eigenvalue weighted by molar-refractivity contribution is -0.324. The number of nitrogens with one attached hydrogen (secondary N) is 1. The standard InChI is InChI=1S/C35H54N2O8Si/c1-33(2,3)43-32(40)37(10)25-18-24-36-31(39)42-29(30(38)44-45-34(4,5)6)23-17-26-41-46(35(7,8)9,27-19-13-11-14-20-27)28-21-15-12-16-22-28/h11-16,19-22,29H,17-18,23-26H2,1-10H3,(H,36,39)/t29-/m0/s1. The third-order valence-corrected chi connectivity index (χ3v) is 11.9. The second-order valence-electron chi connectivity index (χ2n) is 14.3. The lowest BCUT2D eigenvalue weighted by Crippen LogP contribution is -2.66. The fourth-order valence-electron chi connectivity index (χ4n) is 4.81. The Labute approximate surface area is 276 Å². The lowest BCUT2D eigenvalue weighted by atomic mass is 10.2. The summed E-state index contributed by atoms with van der Waals surface area (Å²) in [5.74, 6) is -0.805. The van der Waals surface area contributed by atoms with Crippen molar-refractivity contribution < 1.29 is 38.1 Å². The zero-order valence-corrected chi connectivity index (χ0v) is 30.3. The van der Waals surface area contributed by atoms with Crippen LogP contribution in [0.1, 0.15) is 81.6 Å². The van der Waals surface area contributed by atoms with Gasteiger partial charge in [-0.2, -0.15) is 4.89 Å². The van der Waals surface area contributed by atoms with Gasteiger partial charge in [0.05, 0.1) is 0 Å². The molecule has 2 rings (SSSR count). The first-order valence-corrected chi connectivity index (χ1v) is 17.8. The summed E-state index contributed by atoms with van der Waals surface area (Å²) < 4.78 is 17.8. The SMILES string of the molecule is CN(CCCNC(=O)O[C@@H](CCCO[Si](c1ccccc1)(c1ccccc1)C(C)(C)C)C(=O)OOC(C)(C)C)C(=O)OC(C)(C)C. The van der Waals surface area contributed by atoms with E-state index in [4.69, 9.17) is 23.7 Å². The maximum Gasteiger partial charge on any atom is 0.410 e. The van der Waals surface area contributed by atoms with Crippen LogP contribution in [0.15, 0.2) is 60.7 Å². The van der Waals surface area contributed by atoms with Crippen molar-refractivity contribution in [3.8, 4) is 0 Å². The Bertz CT molecular complexity index is 1200. The van der Waals surface area contributed by atoms with E-state index in [1.807, 2.05) is 36.4 Å². The van der Waals surface area contributed by atoms with Crippen molar-refractivity contribution in [1.82, 2.24) is 10.2 Å². The molecule has 11 heteroatoms. The molecule has 0 unspecified atom stereocenters.